The first-order valence-electron chi connectivity index (χ1n) is 12.1. The van der Waals surface area contributed by atoms with Crippen molar-refractivity contribution in [3.05, 3.63) is 111 Å². The van der Waals surface area contributed by atoms with Crippen LogP contribution in [0.2, 0.25) is 0 Å². The van der Waals surface area contributed by atoms with Gasteiger partial charge in [0.15, 0.2) is 0 Å². The molecule has 6 nitrogen and oxygen atoms in total. The van der Waals surface area contributed by atoms with E-state index >= 15 is 0 Å². The van der Waals surface area contributed by atoms with E-state index in [2.05, 4.69) is 52.4 Å². The molecule has 1 fully saturated rings. The van der Waals surface area contributed by atoms with Crippen LogP contribution < -0.4 is 15.0 Å². The maximum Gasteiger partial charge on any atom is 0.335 e. The first kappa shape index (κ1) is 25.4. The zero-order chi connectivity index (χ0) is 27.0. The van der Waals surface area contributed by atoms with Crippen LogP contribution in [-0.2, 0) is 16.2 Å². The summed E-state index contributed by atoms with van der Waals surface area (Å²) in [6, 6.07) is 22.2. The molecule has 0 saturated carbocycles. The Kier molecular flexibility index (Phi) is 6.87. The van der Waals surface area contributed by atoms with Gasteiger partial charge in [-0.2, -0.15) is 0 Å². The average molecular weight is 569 g/mol. The molecule has 4 amide bonds. The van der Waals surface area contributed by atoms with Crippen LogP contribution in [0.25, 0.3) is 16.8 Å². The highest BCUT2D eigenvalue weighted by atomic mass is 79.9. The molecule has 0 spiro atoms. The minimum Gasteiger partial charge on any atom is -0.488 e. The monoisotopic (exact) mass is 568 g/mol. The lowest BCUT2D eigenvalue weighted by Gasteiger charge is -2.26. The zero-order valence-electron chi connectivity index (χ0n) is 21.2. The first-order chi connectivity index (χ1) is 18.2. The molecule has 0 unspecified atom stereocenters. The third-order valence-electron chi connectivity index (χ3n) is 6.76. The van der Waals surface area contributed by atoms with E-state index in [0.29, 0.717) is 28.1 Å². The number of carbonyl (C=O) groups is 3. The quantitative estimate of drug-likeness (QED) is 0.213. The van der Waals surface area contributed by atoms with E-state index < -0.39 is 17.8 Å². The second-order valence-corrected chi connectivity index (χ2v) is 10.1. The van der Waals surface area contributed by atoms with Crippen molar-refractivity contribution < 1.29 is 19.1 Å². The Labute approximate surface area is 229 Å². The summed E-state index contributed by atoms with van der Waals surface area (Å²) >= 11 is 3.55. The molecule has 1 heterocycles. The highest BCUT2D eigenvalue weighted by Gasteiger charge is 2.36. The molecule has 0 bridgehead atoms. The Balaban J connectivity index is 1.39. The highest BCUT2D eigenvalue weighted by Crippen LogP contribution is 2.31. The second kappa shape index (κ2) is 10.3. The van der Waals surface area contributed by atoms with Crippen molar-refractivity contribution in [1.29, 1.82) is 0 Å². The van der Waals surface area contributed by atoms with Crippen molar-refractivity contribution >= 4 is 56.3 Å². The molecule has 0 radical (unpaired) electrons. The van der Waals surface area contributed by atoms with Gasteiger partial charge in [0.05, 0.1) is 10.2 Å². The number of nitrogens with zero attached hydrogens (tertiary/aromatic N) is 1. The molecule has 0 aromatic heterocycles. The number of hydrogen-bond donors (Lipinski definition) is 1. The Morgan fingerprint density at radius 3 is 2.39 bits per heavy atom. The number of urea groups is 1. The van der Waals surface area contributed by atoms with Gasteiger partial charge >= 0.3 is 6.03 Å². The van der Waals surface area contributed by atoms with E-state index in [0.717, 1.165) is 37.9 Å². The summed E-state index contributed by atoms with van der Waals surface area (Å²) in [4.78, 5) is 39.3. The first-order valence-corrected chi connectivity index (χ1v) is 12.9. The number of anilines is 1. The number of hydrogen-bond acceptors (Lipinski definition) is 4. The van der Waals surface area contributed by atoms with Crippen LogP contribution in [0.15, 0.2) is 82.8 Å². The number of fused-ring (bicyclic) bond motifs is 1. The number of barbiturate groups is 1. The number of halogens is 1. The topological polar surface area (TPSA) is 75.7 Å². The lowest BCUT2D eigenvalue weighted by molar-refractivity contribution is -0.122. The number of imide groups is 2. The Hall–Kier alpha value is -4.23. The summed E-state index contributed by atoms with van der Waals surface area (Å²) in [5.41, 5.74) is 5.11. The largest absolute Gasteiger partial charge is 0.488 e. The van der Waals surface area contributed by atoms with Gasteiger partial charge < -0.3 is 4.74 Å². The van der Waals surface area contributed by atoms with Gasteiger partial charge in [0.2, 0.25) is 0 Å². The third-order valence-corrected chi connectivity index (χ3v) is 7.38. The zero-order valence-corrected chi connectivity index (χ0v) is 22.8. The fourth-order valence-electron chi connectivity index (χ4n) is 4.43. The van der Waals surface area contributed by atoms with Crippen molar-refractivity contribution in [2.75, 3.05) is 4.90 Å². The number of nitrogens with one attached hydrogen (secondary N) is 1. The number of aryl methyl sites for hydroxylation is 3. The minimum atomic E-state index is -0.769. The molecule has 1 aliphatic heterocycles. The summed E-state index contributed by atoms with van der Waals surface area (Å²) in [6.45, 7) is 6.30. The van der Waals surface area contributed by atoms with Crippen LogP contribution in [0, 0.1) is 20.8 Å². The smallest absolute Gasteiger partial charge is 0.335 e. The van der Waals surface area contributed by atoms with Crippen molar-refractivity contribution in [3.8, 4) is 5.75 Å². The summed E-state index contributed by atoms with van der Waals surface area (Å²) in [5.74, 6) is -0.779. The Morgan fingerprint density at radius 1 is 0.868 bits per heavy atom. The summed E-state index contributed by atoms with van der Waals surface area (Å²) in [6.07, 6.45) is 1.47. The fourth-order valence-corrected chi connectivity index (χ4v) is 4.94. The Morgan fingerprint density at radius 2 is 1.63 bits per heavy atom. The minimum absolute atomic E-state index is 0.130. The van der Waals surface area contributed by atoms with Gasteiger partial charge in [-0.25, -0.2) is 9.69 Å². The van der Waals surface area contributed by atoms with Crippen LogP contribution >= 0.6 is 15.9 Å². The summed E-state index contributed by atoms with van der Waals surface area (Å²) in [7, 11) is 0. The van der Waals surface area contributed by atoms with Gasteiger partial charge in [-0.05, 0) is 100 Å². The lowest BCUT2D eigenvalue weighted by atomic mass is 10.0. The predicted molar refractivity (Wildman–Crippen MR) is 152 cm³/mol. The molecule has 190 valence electrons. The maximum absolute atomic E-state index is 13.2. The van der Waals surface area contributed by atoms with Gasteiger partial charge in [-0.3, -0.25) is 14.9 Å². The molecule has 5 rings (SSSR count). The van der Waals surface area contributed by atoms with Crippen molar-refractivity contribution in [2.24, 2.45) is 0 Å². The Bertz CT molecular complexity index is 1660. The second-order valence-electron chi connectivity index (χ2n) is 9.29. The van der Waals surface area contributed by atoms with E-state index in [1.807, 2.05) is 32.0 Å². The maximum atomic E-state index is 13.2. The molecule has 38 heavy (non-hydrogen) atoms. The van der Waals surface area contributed by atoms with Crippen molar-refractivity contribution in [2.45, 2.75) is 27.4 Å². The molecule has 7 heteroatoms. The normalized spacial score (nSPS) is 14.8. The summed E-state index contributed by atoms with van der Waals surface area (Å²) < 4.78 is 6.82. The molecule has 1 saturated heterocycles. The standard InChI is InChI=1S/C31H25BrN2O4/c1-18-9-12-23(14-20(18)3)34-30(36)25(29(35)33-31(34)37)15-21-10-13-28(27(32)16-21)38-17-26-19(2)8-11-22-6-4-5-7-24(22)26/h4-16H,17H2,1-3H3,(H,33,35,37)/b25-15+. The summed E-state index contributed by atoms with van der Waals surface area (Å²) in [5, 5.41) is 4.57. The number of benzene rings is 4. The fraction of sp³-hybridized carbons (Fsp3) is 0.129. The van der Waals surface area contributed by atoms with Crippen LogP contribution in [0.1, 0.15) is 27.8 Å². The number of amides is 4. The molecular weight excluding hydrogens is 544 g/mol. The number of ether oxygens (including phenoxy) is 1. The predicted octanol–water partition coefficient (Wildman–Crippen LogP) is 6.77. The van der Waals surface area contributed by atoms with E-state index in [1.54, 1.807) is 30.3 Å². The van der Waals surface area contributed by atoms with Crippen LogP contribution in [0.5, 0.6) is 5.75 Å². The van der Waals surface area contributed by atoms with Gasteiger partial charge in [0.1, 0.15) is 17.9 Å². The molecular formula is C31H25BrN2O4. The van der Waals surface area contributed by atoms with E-state index in [1.165, 1.54) is 6.08 Å². The van der Waals surface area contributed by atoms with Crippen LogP contribution in [-0.4, -0.2) is 17.8 Å². The molecule has 4 aromatic carbocycles. The average Bonchev–Trinajstić information content (AvgIpc) is 2.89. The molecule has 0 aliphatic carbocycles. The van der Waals surface area contributed by atoms with Gasteiger partial charge in [-0.1, -0.05) is 48.5 Å². The van der Waals surface area contributed by atoms with Gasteiger partial charge in [0.25, 0.3) is 11.8 Å². The van der Waals surface area contributed by atoms with E-state index in [9.17, 15) is 14.4 Å². The number of carbonyl (C=O) groups excluding carboxylic acids is 3. The van der Waals surface area contributed by atoms with Crippen molar-refractivity contribution in [1.82, 2.24) is 5.32 Å². The molecule has 0 atom stereocenters. The van der Waals surface area contributed by atoms with Gasteiger partial charge in [-0.15, -0.1) is 0 Å². The SMILES string of the molecule is Cc1ccc(N2C(=O)NC(=O)/C(=C\c3ccc(OCc4c(C)ccc5ccccc45)c(Br)c3)C2=O)cc1C. The van der Waals surface area contributed by atoms with Crippen molar-refractivity contribution in [3.63, 3.8) is 0 Å². The van der Waals surface area contributed by atoms with E-state index in [4.69, 9.17) is 4.74 Å². The third kappa shape index (κ3) is 4.85. The molecule has 4 aromatic rings. The van der Waals surface area contributed by atoms with Crippen LogP contribution in [0.3, 0.4) is 0 Å². The lowest BCUT2D eigenvalue weighted by Crippen LogP contribution is -2.54. The van der Waals surface area contributed by atoms with E-state index in [-0.39, 0.29) is 5.57 Å². The van der Waals surface area contributed by atoms with Gasteiger partial charge in [0, 0.05) is 5.56 Å². The highest BCUT2D eigenvalue weighted by molar-refractivity contribution is 9.10. The molecule has 1 N–H and O–H groups in total. The molecule has 1 aliphatic rings. The number of rotatable bonds is 5. The van der Waals surface area contributed by atoms with Crippen LogP contribution in [0.4, 0.5) is 10.5 Å².